The molecule has 1 aromatic carbocycles. The van der Waals surface area contributed by atoms with E-state index in [0.717, 1.165) is 11.3 Å². The van der Waals surface area contributed by atoms with Crippen LogP contribution in [0.1, 0.15) is 5.56 Å². The molecule has 0 saturated heterocycles. The zero-order chi connectivity index (χ0) is 13.0. The fourth-order valence-corrected chi connectivity index (χ4v) is 1.62. The number of anilines is 2. The van der Waals surface area contributed by atoms with Gasteiger partial charge in [-0.2, -0.15) is 0 Å². The number of nitrogens with one attached hydrogen (secondary N) is 1. The number of nitrogens with zero attached hydrogens (tertiary/aromatic N) is 1. The molecule has 0 aliphatic carbocycles. The Morgan fingerprint density at radius 1 is 1.10 bits per heavy atom. The Bertz CT molecular complexity index is 553. The lowest BCUT2D eigenvalue weighted by Gasteiger charge is -2.08. The topological polar surface area (TPSA) is 91.4 Å². The maximum Gasteiger partial charge on any atom is 0.157 e. The molecule has 5 N–H and O–H groups in total. The summed E-state index contributed by atoms with van der Waals surface area (Å²) in [6.07, 6.45) is 4.02. The zero-order valence-corrected chi connectivity index (χ0v) is 14.0. The van der Waals surface area contributed by atoms with E-state index in [1.807, 2.05) is 0 Å². The van der Waals surface area contributed by atoms with Crippen molar-refractivity contribution in [2.24, 2.45) is 0 Å². The summed E-state index contributed by atoms with van der Waals surface area (Å²) in [6, 6.07) is 6.52. The molecule has 0 saturated carbocycles. The van der Waals surface area contributed by atoms with Crippen molar-refractivity contribution in [2.75, 3.05) is 17.6 Å². The molecule has 0 spiro atoms. The average molecular weight is 407 g/mol. The molecule has 0 aliphatic rings. The minimum Gasteiger partial charge on any atom is -0.504 e. The van der Waals surface area contributed by atoms with Gasteiger partial charge in [0.2, 0.25) is 0 Å². The number of benzene rings is 1. The van der Waals surface area contributed by atoms with Crippen LogP contribution in [0, 0.1) is 0 Å². The zero-order valence-electron chi connectivity index (χ0n) is 10.6. The van der Waals surface area contributed by atoms with Gasteiger partial charge in [-0.25, -0.2) is 0 Å². The number of nitrogens with two attached hydrogens (primary N) is 1. The molecule has 110 valence electrons. The summed E-state index contributed by atoms with van der Waals surface area (Å²) in [5.41, 5.74) is 8.14. The van der Waals surface area contributed by atoms with E-state index >= 15 is 0 Å². The van der Waals surface area contributed by atoms with Gasteiger partial charge in [-0.1, -0.05) is 6.07 Å². The van der Waals surface area contributed by atoms with Gasteiger partial charge in [0.15, 0.2) is 11.5 Å². The van der Waals surface area contributed by atoms with Crippen LogP contribution in [0.3, 0.4) is 0 Å². The Kier molecular flexibility index (Phi) is 8.02. The molecule has 1 aromatic heterocycles. The summed E-state index contributed by atoms with van der Waals surface area (Å²) >= 11 is 0. The maximum atomic E-state index is 9.36. The molecule has 0 aliphatic heterocycles. The van der Waals surface area contributed by atoms with Crippen molar-refractivity contribution in [3.8, 4) is 11.5 Å². The van der Waals surface area contributed by atoms with Crippen LogP contribution in [0.25, 0.3) is 0 Å². The first-order chi connectivity index (χ1) is 8.66. The second-order valence-corrected chi connectivity index (χ2v) is 3.96. The minimum absolute atomic E-state index is 0. The summed E-state index contributed by atoms with van der Waals surface area (Å²) in [7, 11) is 0. The highest BCUT2D eigenvalue weighted by molar-refractivity contribution is 8.93. The van der Waals surface area contributed by atoms with Crippen LogP contribution >= 0.6 is 34.0 Å². The molecule has 0 atom stereocenters. The van der Waals surface area contributed by atoms with Gasteiger partial charge in [0.25, 0.3) is 0 Å². The van der Waals surface area contributed by atoms with Gasteiger partial charge in [-0.15, -0.1) is 34.0 Å². The van der Waals surface area contributed by atoms with Gasteiger partial charge in [0, 0.05) is 12.7 Å². The van der Waals surface area contributed by atoms with Gasteiger partial charge in [-0.3, -0.25) is 4.98 Å². The van der Waals surface area contributed by atoms with E-state index in [1.165, 1.54) is 6.07 Å². The second-order valence-electron chi connectivity index (χ2n) is 3.96. The first kappa shape index (κ1) is 18.5. The molecular formula is C13H17Br2N3O2. The largest absolute Gasteiger partial charge is 0.504 e. The van der Waals surface area contributed by atoms with E-state index in [-0.39, 0.29) is 45.5 Å². The third-order valence-electron chi connectivity index (χ3n) is 2.62. The predicted molar refractivity (Wildman–Crippen MR) is 91.3 cm³/mol. The van der Waals surface area contributed by atoms with Crippen LogP contribution in [-0.2, 0) is 6.42 Å². The smallest absolute Gasteiger partial charge is 0.157 e. The number of pyridine rings is 1. The van der Waals surface area contributed by atoms with Crippen molar-refractivity contribution in [3.63, 3.8) is 0 Å². The summed E-state index contributed by atoms with van der Waals surface area (Å²) in [6.45, 7) is 0.667. The average Bonchev–Trinajstić information content (AvgIpc) is 2.36. The van der Waals surface area contributed by atoms with Gasteiger partial charge < -0.3 is 21.3 Å². The highest BCUT2D eigenvalue weighted by Gasteiger charge is 2.01. The first-order valence-electron chi connectivity index (χ1n) is 5.61. The lowest BCUT2D eigenvalue weighted by molar-refractivity contribution is 0.403. The number of halogens is 2. The number of phenolic OH excluding ortho intramolecular Hbond substituents is 2. The Hall–Kier alpha value is -1.47. The van der Waals surface area contributed by atoms with Crippen molar-refractivity contribution in [2.45, 2.75) is 6.42 Å². The van der Waals surface area contributed by atoms with E-state index < -0.39 is 0 Å². The van der Waals surface area contributed by atoms with Crippen molar-refractivity contribution < 1.29 is 10.2 Å². The van der Waals surface area contributed by atoms with Crippen molar-refractivity contribution in [3.05, 3.63) is 42.2 Å². The lowest BCUT2D eigenvalue weighted by atomic mass is 10.1. The molecule has 7 heteroatoms. The Balaban J connectivity index is 0.00000180. The summed E-state index contributed by atoms with van der Waals surface area (Å²) in [5.74, 6) is -0.211. The summed E-state index contributed by atoms with van der Waals surface area (Å²) in [5, 5.41) is 21.7. The molecule has 0 bridgehead atoms. The van der Waals surface area contributed by atoms with Gasteiger partial charge in [0.1, 0.15) is 0 Å². The van der Waals surface area contributed by atoms with E-state index in [9.17, 15) is 10.2 Å². The van der Waals surface area contributed by atoms with E-state index in [2.05, 4.69) is 10.3 Å². The van der Waals surface area contributed by atoms with Crippen LogP contribution in [0.5, 0.6) is 11.5 Å². The maximum absolute atomic E-state index is 9.36. The Morgan fingerprint density at radius 3 is 2.50 bits per heavy atom. The van der Waals surface area contributed by atoms with E-state index in [0.29, 0.717) is 18.7 Å². The molecule has 2 aromatic rings. The molecule has 0 amide bonds. The third kappa shape index (κ3) is 4.90. The molecule has 20 heavy (non-hydrogen) atoms. The molecule has 1 heterocycles. The number of phenols is 2. The minimum atomic E-state index is -0.108. The molecule has 5 nitrogen and oxygen atoms in total. The summed E-state index contributed by atoms with van der Waals surface area (Å²) in [4.78, 5) is 3.98. The van der Waals surface area contributed by atoms with Crippen LogP contribution in [0.15, 0.2) is 36.7 Å². The van der Waals surface area contributed by atoms with Crippen molar-refractivity contribution in [1.29, 1.82) is 0 Å². The highest BCUT2D eigenvalue weighted by Crippen LogP contribution is 2.25. The van der Waals surface area contributed by atoms with Crippen LogP contribution in [-0.4, -0.2) is 21.7 Å². The standard InChI is InChI=1S/C13H15N3O2.2BrH/c14-10-4-5-15-8-11(10)16-6-3-9-1-2-12(17)13(18)7-9;;/h1-2,4-5,7-8,16-18H,3,6H2,(H2,14,15);2*1H. The monoisotopic (exact) mass is 405 g/mol. The van der Waals surface area contributed by atoms with E-state index in [4.69, 9.17) is 5.73 Å². The van der Waals surface area contributed by atoms with Gasteiger partial charge in [-0.05, 0) is 30.2 Å². The number of rotatable bonds is 4. The fraction of sp³-hybridized carbons (Fsp3) is 0.154. The van der Waals surface area contributed by atoms with Crippen molar-refractivity contribution >= 4 is 45.3 Å². The number of hydrogen-bond acceptors (Lipinski definition) is 5. The highest BCUT2D eigenvalue weighted by atomic mass is 79.9. The molecule has 0 fully saturated rings. The van der Waals surface area contributed by atoms with Crippen LogP contribution < -0.4 is 11.1 Å². The van der Waals surface area contributed by atoms with Gasteiger partial charge >= 0.3 is 0 Å². The number of hydrogen-bond donors (Lipinski definition) is 4. The van der Waals surface area contributed by atoms with Crippen LogP contribution in [0.2, 0.25) is 0 Å². The molecule has 0 radical (unpaired) electrons. The number of aromatic hydroxyl groups is 2. The van der Waals surface area contributed by atoms with Crippen LogP contribution in [0.4, 0.5) is 11.4 Å². The normalized spacial score (nSPS) is 9.20. The van der Waals surface area contributed by atoms with Gasteiger partial charge in [0.05, 0.1) is 17.6 Å². The molecule has 2 rings (SSSR count). The molecular weight excluding hydrogens is 390 g/mol. The first-order valence-corrected chi connectivity index (χ1v) is 5.61. The quantitative estimate of drug-likeness (QED) is 0.586. The number of nitrogen functional groups attached to an aromatic ring is 1. The second kappa shape index (κ2) is 8.65. The molecule has 0 unspecified atom stereocenters. The Morgan fingerprint density at radius 2 is 1.85 bits per heavy atom. The van der Waals surface area contributed by atoms with E-state index in [1.54, 1.807) is 30.6 Å². The fourth-order valence-electron chi connectivity index (χ4n) is 1.62. The SMILES string of the molecule is Br.Br.Nc1ccncc1NCCc1ccc(O)c(O)c1. The lowest BCUT2D eigenvalue weighted by Crippen LogP contribution is -2.07. The summed E-state index contributed by atoms with van der Waals surface area (Å²) < 4.78 is 0. The third-order valence-corrected chi connectivity index (χ3v) is 2.62. The number of aromatic nitrogens is 1. The predicted octanol–water partition coefficient (Wildman–Crippen LogP) is 2.89. The van der Waals surface area contributed by atoms with Crippen molar-refractivity contribution in [1.82, 2.24) is 4.98 Å². The Labute approximate surface area is 138 Å².